The number of aromatic nitrogens is 6. The lowest BCUT2D eigenvalue weighted by atomic mass is 10.3. The molecule has 8 heteroatoms. The van der Waals surface area contributed by atoms with E-state index < -0.39 is 0 Å². The van der Waals surface area contributed by atoms with Gasteiger partial charge in [-0.1, -0.05) is 34.7 Å². The number of benzene rings is 2. The summed E-state index contributed by atoms with van der Waals surface area (Å²) < 4.78 is 3.65. The molecule has 0 aliphatic rings. The van der Waals surface area contributed by atoms with Gasteiger partial charge in [0.05, 0.1) is 31.0 Å². The predicted octanol–water partition coefficient (Wildman–Crippen LogP) is 1.09. The Morgan fingerprint density at radius 1 is 0.792 bits per heavy atom. The molecule has 122 valence electrons. The van der Waals surface area contributed by atoms with Crippen molar-refractivity contribution in [3.8, 4) is 0 Å². The number of hydrogen-bond donors (Lipinski definition) is 1. The van der Waals surface area contributed by atoms with Crippen LogP contribution in [-0.4, -0.2) is 53.1 Å². The van der Waals surface area contributed by atoms with Crippen molar-refractivity contribution in [2.75, 3.05) is 13.2 Å². The fourth-order valence-electron chi connectivity index (χ4n) is 2.75. The van der Waals surface area contributed by atoms with Crippen molar-refractivity contribution < 1.29 is 5.11 Å². The minimum atomic E-state index is 0.0548. The van der Waals surface area contributed by atoms with Crippen LogP contribution >= 0.6 is 0 Å². The largest absolute Gasteiger partial charge is 0.395 e. The molecule has 0 aliphatic carbocycles. The molecule has 0 atom stereocenters. The van der Waals surface area contributed by atoms with Crippen LogP contribution in [-0.2, 0) is 13.3 Å². The molecule has 0 aliphatic heterocycles. The van der Waals surface area contributed by atoms with Crippen LogP contribution in [0.4, 0.5) is 0 Å². The Morgan fingerprint density at radius 3 is 1.79 bits per heavy atom. The Labute approximate surface area is 137 Å². The second-order valence-corrected chi connectivity index (χ2v) is 5.56. The van der Waals surface area contributed by atoms with E-state index in [9.17, 15) is 5.11 Å². The summed E-state index contributed by atoms with van der Waals surface area (Å²) in [6.45, 7) is 1.58. The molecule has 2 aromatic heterocycles. The summed E-state index contributed by atoms with van der Waals surface area (Å²) in [7, 11) is 0. The summed E-state index contributed by atoms with van der Waals surface area (Å²) in [5.41, 5.74) is 3.63. The zero-order chi connectivity index (χ0) is 16.4. The van der Waals surface area contributed by atoms with Gasteiger partial charge in [0.15, 0.2) is 0 Å². The van der Waals surface area contributed by atoms with Crippen LogP contribution in [0.1, 0.15) is 0 Å². The number of nitrogens with zero attached hydrogens (tertiary/aromatic N) is 7. The maximum Gasteiger partial charge on any atom is 0.113 e. The quantitative estimate of drug-likeness (QED) is 0.572. The number of hydrogen-bond acceptors (Lipinski definition) is 6. The molecule has 2 aromatic carbocycles. The summed E-state index contributed by atoms with van der Waals surface area (Å²) in [5, 5.41) is 26.1. The van der Waals surface area contributed by atoms with Gasteiger partial charge >= 0.3 is 0 Å². The van der Waals surface area contributed by atoms with Crippen LogP contribution < -0.4 is 0 Å². The average molecular weight is 323 g/mol. The van der Waals surface area contributed by atoms with Crippen molar-refractivity contribution in [3.63, 3.8) is 0 Å². The van der Waals surface area contributed by atoms with Crippen LogP contribution in [0.5, 0.6) is 0 Å². The molecule has 0 spiro atoms. The van der Waals surface area contributed by atoms with E-state index in [1.54, 1.807) is 0 Å². The van der Waals surface area contributed by atoms with E-state index in [1.165, 1.54) is 0 Å². The highest BCUT2D eigenvalue weighted by Gasteiger charge is 2.12. The Kier molecular flexibility index (Phi) is 3.89. The summed E-state index contributed by atoms with van der Waals surface area (Å²) in [6.07, 6.45) is 0. The van der Waals surface area contributed by atoms with Crippen molar-refractivity contribution in [1.29, 1.82) is 0 Å². The molecule has 0 amide bonds. The van der Waals surface area contributed by atoms with Crippen LogP contribution in [0.2, 0.25) is 0 Å². The van der Waals surface area contributed by atoms with Gasteiger partial charge in [-0.25, -0.2) is 9.36 Å². The molecule has 0 fully saturated rings. The molecule has 0 saturated heterocycles. The molecule has 1 N–H and O–H groups in total. The first-order valence-electron chi connectivity index (χ1n) is 7.75. The fraction of sp³-hybridized carbons (Fsp3) is 0.250. The van der Waals surface area contributed by atoms with Crippen molar-refractivity contribution in [2.45, 2.75) is 13.3 Å². The third-order valence-electron chi connectivity index (χ3n) is 3.92. The third kappa shape index (κ3) is 2.72. The lowest BCUT2D eigenvalue weighted by Crippen LogP contribution is -2.32. The molecule has 24 heavy (non-hydrogen) atoms. The smallest absolute Gasteiger partial charge is 0.113 e. The minimum Gasteiger partial charge on any atom is -0.395 e. The van der Waals surface area contributed by atoms with Crippen LogP contribution in [0, 0.1) is 0 Å². The molecular weight excluding hydrogens is 306 g/mol. The highest BCUT2D eigenvalue weighted by atomic mass is 16.3. The Morgan fingerprint density at radius 2 is 1.29 bits per heavy atom. The number of para-hydroxylation sites is 2. The van der Waals surface area contributed by atoms with Gasteiger partial charge in [-0.3, -0.25) is 4.90 Å². The standard InChI is InChI=1S/C16H17N7O/c24-10-9-21(11-22-15-7-3-1-5-13(15)17-19-22)12-23-16-8-4-2-6-14(16)18-20-23/h1-8,24H,9-12H2. The van der Waals surface area contributed by atoms with E-state index in [1.807, 2.05) is 62.8 Å². The van der Waals surface area contributed by atoms with Gasteiger partial charge < -0.3 is 5.11 Å². The topological polar surface area (TPSA) is 84.9 Å². The second-order valence-electron chi connectivity index (χ2n) is 5.56. The minimum absolute atomic E-state index is 0.0548. The van der Waals surface area contributed by atoms with Gasteiger partial charge in [-0.05, 0) is 24.3 Å². The van der Waals surface area contributed by atoms with Crippen molar-refractivity contribution in [3.05, 3.63) is 48.5 Å². The first-order chi connectivity index (χ1) is 11.8. The molecule has 4 aromatic rings. The lowest BCUT2D eigenvalue weighted by Gasteiger charge is -2.21. The maximum absolute atomic E-state index is 9.39. The lowest BCUT2D eigenvalue weighted by molar-refractivity contribution is 0.121. The Balaban J connectivity index is 1.60. The number of aliphatic hydroxyl groups is 1. The predicted molar refractivity (Wildman–Crippen MR) is 88.8 cm³/mol. The SMILES string of the molecule is OCCN(Cn1nnc2ccccc21)Cn1nnc2ccccc21. The van der Waals surface area contributed by atoms with E-state index in [2.05, 4.69) is 20.6 Å². The monoisotopic (exact) mass is 323 g/mol. The zero-order valence-corrected chi connectivity index (χ0v) is 13.0. The van der Waals surface area contributed by atoms with Crippen LogP contribution in [0.15, 0.2) is 48.5 Å². The van der Waals surface area contributed by atoms with E-state index >= 15 is 0 Å². The van der Waals surface area contributed by atoms with E-state index in [0.717, 1.165) is 22.1 Å². The summed E-state index contributed by atoms with van der Waals surface area (Å²) in [6, 6.07) is 15.6. The van der Waals surface area contributed by atoms with Crippen molar-refractivity contribution in [2.24, 2.45) is 0 Å². The van der Waals surface area contributed by atoms with Gasteiger partial charge in [0.2, 0.25) is 0 Å². The first-order valence-corrected chi connectivity index (χ1v) is 7.75. The highest BCUT2D eigenvalue weighted by Crippen LogP contribution is 2.13. The van der Waals surface area contributed by atoms with Gasteiger partial charge in [0, 0.05) is 6.54 Å². The van der Waals surface area contributed by atoms with Gasteiger partial charge in [-0.2, -0.15) is 0 Å². The van der Waals surface area contributed by atoms with Gasteiger partial charge in [0.1, 0.15) is 11.0 Å². The third-order valence-corrected chi connectivity index (χ3v) is 3.92. The second kappa shape index (κ2) is 6.34. The van der Waals surface area contributed by atoms with E-state index in [0.29, 0.717) is 19.9 Å². The summed E-state index contributed by atoms with van der Waals surface area (Å²) in [5.74, 6) is 0. The molecule has 0 unspecified atom stereocenters. The molecule has 0 radical (unpaired) electrons. The highest BCUT2D eigenvalue weighted by molar-refractivity contribution is 5.74. The Hall–Kier alpha value is -2.84. The van der Waals surface area contributed by atoms with E-state index in [4.69, 9.17) is 0 Å². The number of aliphatic hydroxyl groups excluding tert-OH is 1. The van der Waals surface area contributed by atoms with Crippen molar-refractivity contribution >= 4 is 22.1 Å². The summed E-state index contributed by atoms with van der Waals surface area (Å²) in [4.78, 5) is 2.04. The zero-order valence-electron chi connectivity index (χ0n) is 13.0. The number of rotatable bonds is 6. The first kappa shape index (κ1) is 14.7. The number of fused-ring (bicyclic) bond motifs is 2. The molecule has 8 nitrogen and oxygen atoms in total. The molecule has 4 rings (SSSR count). The average Bonchev–Trinajstić information content (AvgIpc) is 3.20. The van der Waals surface area contributed by atoms with Crippen molar-refractivity contribution in [1.82, 2.24) is 34.9 Å². The summed E-state index contributed by atoms with van der Waals surface area (Å²) >= 11 is 0. The normalized spacial score (nSPS) is 11.8. The molecular formula is C16H17N7O. The molecule has 0 bridgehead atoms. The van der Waals surface area contributed by atoms with E-state index in [-0.39, 0.29) is 6.61 Å². The fourth-order valence-corrected chi connectivity index (χ4v) is 2.75. The van der Waals surface area contributed by atoms with Crippen LogP contribution in [0.25, 0.3) is 22.1 Å². The molecule has 2 heterocycles. The van der Waals surface area contributed by atoms with Gasteiger partial charge in [-0.15, -0.1) is 10.2 Å². The molecule has 0 saturated carbocycles. The van der Waals surface area contributed by atoms with Gasteiger partial charge in [0.25, 0.3) is 0 Å². The maximum atomic E-state index is 9.39. The van der Waals surface area contributed by atoms with Crippen LogP contribution in [0.3, 0.4) is 0 Å². The Bertz CT molecular complexity index is 885.